The molecule has 2 aromatic carbocycles. The highest BCUT2D eigenvalue weighted by Crippen LogP contribution is 2.22. The first-order chi connectivity index (χ1) is 14.0. The Morgan fingerprint density at radius 1 is 1.00 bits per heavy atom. The van der Waals surface area contributed by atoms with Crippen molar-refractivity contribution in [2.75, 3.05) is 11.9 Å². The third-order valence-electron chi connectivity index (χ3n) is 4.68. The number of pyridine rings is 1. The number of aryl methyl sites for hydroxylation is 3. The minimum absolute atomic E-state index is 0.0841. The highest BCUT2D eigenvalue weighted by Gasteiger charge is 2.14. The lowest BCUT2D eigenvalue weighted by atomic mass is 10.1. The van der Waals surface area contributed by atoms with Crippen molar-refractivity contribution in [1.82, 2.24) is 14.8 Å². The molecule has 0 radical (unpaired) electrons. The van der Waals surface area contributed by atoms with Crippen LogP contribution in [0.3, 0.4) is 0 Å². The molecule has 2 heterocycles. The minimum Gasteiger partial charge on any atom is -0.483 e. The summed E-state index contributed by atoms with van der Waals surface area (Å²) in [6, 6.07) is 19.4. The van der Waals surface area contributed by atoms with Crippen molar-refractivity contribution in [3.63, 3.8) is 0 Å². The Kier molecular flexibility index (Phi) is 4.99. The van der Waals surface area contributed by atoms with Gasteiger partial charge in [0, 0.05) is 11.5 Å². The number of aromatic nitrogens is 3. The van der Waals surface area contributed by atoms with Crippen molar-refractivity contribution in [3.8, 4) is 11.6 Å². The maximum atomic E-state index is 12.5. The zero-order chi connectivity index (χ0) is 20.4. The lowest BCUT2D eigenvalue weighted by Crippen LogP contribution is -2.22. The van der Waals surface area contributed by atoms with Crippen LogP contribution in [0.15, 0.2) is 60.7 Å². The third kappa shape index (κ3) is 3.96. The molecule has 0 aliphatic rings. The molecule has 146 valence electrons. The summed E-state index contributed by atoms with van der Waals surface area (Å²) in [5, 5.41) is 8.49. The number of benzene rings is 2. The summed E-state index contributed by atoms with van der Waals surface area (Å²) in [6.07, 6.45) is 0. The van der Waals surface area contributed by atoms with Gasteiger partial charge in [0.2, 0.25) is 0 Å². The standard InChI is InChI=1S/C23H22N4O2/c1-15-8-4-7-11-20(15)29-14-23(28)25-22-13-17(3)26-27(22)21-12-16(2)18-9-5-6-10-19(18)24-21/h4-13H,14H2,1-3H3,(H,25,28). The van der Waals surface area contributed by atoms with Gasteiger partial charge < -0.3 is 10.1 Å². The van der Waals surface area contributed by atoms with Gasteiger partial charge in [-0.3, -0.25) is 4.79 Å². The van der Waals surface area contributed by atoms with Crippen LogP contribution in [-0.2, 0) is 4.79 Å². The van der Waals surface area contributed by atoms with E-state index in [1.54, 1.807) is 4.68 Å². The molecule has 4 aromatic rings. The molecule has 1 N–H and O–H groups in total. The highest BCUT2D eigenvalue weighted by atomic mass is 16.5. The van der Waals surface area contributed by atoms with E-state index in [1.807, 2.05) is 81.4 Å². The number of nitrogens with zero attached hydrogens (tertiary/aromatic N) is 3. The quantitative estimate of drug-likeness (QED) is 0.553. The number of fused-ring (bicyclic) bond motifs is 1. The van der Waals surface area contributed by atoms with Crippen LogP contribution in [0.1, 0.15) is 16.8 Å². The van der Waals surface area contributed by atoms with Crippen LogP contribution in [0.25, 0.3) is 16.7 Å². The summed E-state index contributed by atoms with van der Waals surface area (Å²) in [5.74, 6) is 1.65. The molecule has 0 bridgehead atoms. The summed E-state index contributed by atoms with van der Waals surface area (Å²) < 4.78 is 7.30. The molecule has 0 fully saturated rings. The van der Waals surface area contributed by atoms with E-state index in [1.165, 1.54) is 0 Å². The van der Waals surface area contributed by atoms with Gasteiger partial charge in [-0.2, -0.15) is 9.78 Å². The van der Waals surface area contributed by atoms with Gasteiger partial charge >= 0.3 is 0 Å². The van der Waals surface area contributed by atoms with Gasteiger partial charge in [0.25, 0.3) is 5.91 Å². The van der Waals surface area contributed by atoms with Gasteiger partial charge in [-0.15, -0.1) is 0 Å². The molecule has 0 unspecified atom stereocenters. The average Bonchev–Trinajstić information content (AvgIpc) is 3.07. The first-order valence-corrected chi connectivity index (χ1v) is 9.43. The predicted octanol–water partition coefficient (Wildman–Crippen LogP) is 4.36. The van der Waals surface area contributed by atoms with Gasteiger partial charge in [0.1, 0.15) is 11.6 Å². The largest absolute Gasteiger partial charge is 0.483 e. The molecule has 0 aliphatic carbocycles. The zero-order valence-electron chi connectivity index (χ0n) is 16.6. The van der Waals surface area contributed by atoms with E-state index in [-0.39, 0.29) is 12.5 Å². The third-order valence-corrected chi connectivity index (χ3v) is 4.68. The summed E-state index contributed by atoms with van der Waals surface area (Å²) in [7, 11) is 0. The Morgan fingerprint density at radius 2 is 1.76 bits per heavy atom. The van der Waals surface area contributed by atoms with Crippen molar-refractivity contribution in [1.29, 1.82) is 0 Å². The highest BCUT2D eigenvalue weighted by molar-refractivity contribution is 5.91. The van der Waals surface area contributed by atoms with E-state index < -0.39 is 0 Å². The molecule has 0 spiro atoms. The molecule has 2 aromatic heterocycles. The number of rotatable bonds is 5. The van der Waals surface area contributed by atoms with Gasteiger partial charge in [0.05, 0.1) is 11.2 Å². The summed E-state index contributed by atoms with van der Waals surface area (Å²) in [6.45, 7) is 5.78. The molecule has 0 atom stereocenters. The molecular formula is C23H22N4O2. The number of carbonyl (C=O) groups excluding carboxylic acids is 1. The summed E-state index contributed by atoms with van der Waals surface area (Å²) >= 11 is 0. The molecule has 0 saturated heterocycles. The fourth-order valence-corrected chi connectivity index (χ4v) is 3.24. The number of nitrogens with one attached hydrogen (secondary N) is 1. The predicted molar refractivity (Wildman–Crippen MR) is 114 cm³/mol. The Hall–Kier alpha value is -3.67. The maximum Gasteiger partial charge on any atom is 0.263 e. The van der Waals surface area contributed by atoms with Crippen LogP contribution in [0, 0.1) is 20.8 Å². The van der Waals surface area contributed by atoms with Gasteiger partial charge in [0.15, 0.2) is 12.4 Å². The van der Waals surface area contributed by atoms with Crippen LogP contribution in [0.2, 0.25) is 0 Å². The number of ether oxygens (including phenoxy) is 1. The number of anilines is 1. The van der Waals surface area contributed by atoms with E-state index in [2.05, 4.69) is 10.4 Å². The molecule has 1 amide bonds. The lowest BCUT2D eigenvalue weighted by Gasteiger charge is -2.12. The Morgan fingerprint density at radius 3 is 2.59 bits per heavy atom. The minimum atomic E-state index is -0.257. The second-order valence-electron chi connectivity index (χ2n) is 7.00. The topological polar surface area (TPSA) is 69.0 Å². The van der Waals surface area contributed by atoms with Crippen molar-refractivity contribution in [2.45, 2.75) is 20.8 Å². The van der Waals surface area contributed by atoms with E-state index in [4.69, 9.17) is 9.72 Å². The van der Waals surface area contributed by atoms with E-state index >= 15 is 0 Å². The van der Waals surface area contributed by atoms with Gasteiger partial charge in [-0.25, -0.2) is 4.98 Å². The monoisotopic (exact) mass is 386 g/mol. The lowest BCUT2D eigenvalue weighted by molar-refractivity contribution is -0.118. The number of hydrogen-bond donors (Lipinski definition) is 1. The second kappa shape index (κ2) is 7.75. The van der Waals surface area contributed by atoms with Crippen LogP contribution in [-0.4, -0.2) is 27.3 Å². The first-order valence-electron chi connectivity index (χ1n) is 9.43. The normalized spacial score (nSPS) is 10.9. The SMILES string of the molecule is Cc1cc(NC(=O)COc2ccccc2C)n(-c2cc(C)c3ccccc3n2)n1. The first kappa shape index (κ1) is 18.7. The van der Waals surface area contributed by atoms with E-state index in [0.717, 1.165) is 27.7 Å². The number of para-hydroxylation sites is 2. The molecule has 6 heteroatoms. The molecule has 0 saturated carbocycles. The van der Waals surface area contributed by atoms with Gasteiger partial charge in [-0.05, 0) is 50.1 Å². The zero-order valence-corrected chi connectivity index (χ0v) is 16.6. The Labute approximate surface area is 169 Å². The molecule has 6 nitrogen and oxygen atoms in total. The summed E-state index contributed by atoms with van der Waals surface area (Å²) in [4.78, 5) is 17.2. The average molecular weight is 386 g/mol. The van der Waals surface area contributed by atoms with Crippen molar-refractivity contribution in [3.05, 3.63) is 77.5 Å². The fraction of sp³-hybridized carbons (Fsp3) is 0.174. The maximum absolute atomic E-state index is 12.5. The van der Waals surface area contributed by atoms with Gasteiger partial charge in [-0.1, -0.05) is 36.4 Å². The van der Waals surface area contributed by atoms with Crippen LogP contribution in [0.5, 0.6) is 5.75 Å². The van der Waals surface area contributed by atoms with Crippen LogP contribution in [0.4, 0.5) is 5.82 Å². The number of carbonyl (C=O) groups is 1. The smallest absolute Gasteiger partial charge is 0.263 e. The van der Waals surface area contributed by atoms with Crippen molar-refractivity contribution < 1.29 is 9.53 Å². The van der Waals surface area contributed by atoms with Crippen LogP contribution < -0.4 is 10.1 Å². The fourth-order valence-electron chi connectivity index (χ4n) is 3.24. The van der Waals surface area contributed by atoms with Crippen LogP contribution >= 0.6 is 0 Å². The second-order valence-corrected chi connectivity index (χ2v) is 7.00. The van der Waals surface area contributed by atoms with E-state index in [9.17, 15) is 4.79 Å². The molecule has 4 rings (SSSR count). The Balaban J connectivity index is 1.57. The van der Waals surface area contributed by atoms with Crippen molar-refractivity contribution >= 4 is 22.6 Å². The molecule has 0 aliphatic heterocycles. The van der Waals surface area contributed by atoms with Crippen molar-refractivity contribution in [2.24, 2.45) is 0 Å². The van der Waals surface area contributed by atoms with E-state index in [0.29, 0.717) is 17.4 Å². The number of hydrogen-bond acceptors (Lipinski definition) is 4. The number of amides is 1. The molecular weight excluding hydrogens is 364 g/mol. The molecule has 29 heavy (non-hydrogen) atoms. The Bertz CT molecular complexity index is 1200. The summed E-state index contributed by atoms with van der Waals surface area (Å²) in [5.41, 5.74) is 3.75.